The molecule has 7 nitrogen and oxygen atoms in total. The molecule has 0 saturated carbocycles. The molecule has 104 valence electrons. The van der Waals surface area contributed by atoms with Crippen molar-refractivity contribution < 1.29 is 18.8 Å². The maximum Gasteiger partial charge on any atom is 0.397 e. The molecule has 1 aromatic carbocycles. The minimum atomic E-state index is -0.682. The molecule has 2 rings (SSSR count). The average Bonchev–Trinajstić information content (AvgIpc) is 2.94. The van der Waals surface area contributed by atoms with Gasteiger partial charge in [0.1, 0.15) is 0 Å². The van der Waals surface area contributed by atoms with E-state index in [2.05, 4.69) is 20.2 Å². The molecule has 0 unspecified atom stereocenters. The SMILES string of the molecule is COC(=O)c1nc(-c2cccc(CNC(C)=O)c2)no1. The second-order valence-electron chi connectivity index (χ2n) is 4.02. The molecular formula is C13H13N3O4. The van der Waals surface area contributed by atoms with Gasteiger partial charge in [0.2, 0.25) is 11.7 Å². The second kappa shape index (κ2) is 5.96. The van der Waals surface area contributed by atoms with Crippen LogP contribution >= 0.6 is 0 Å². The van der Waals surface area contributed by atoms with Crippen LogP contribution in [-0.2, 0) is 16.1 Å². The smallest absolute Gasteiger partial charge is 0.397 e. The highest BCUT2D eigenvalue weighted by atomic mass is 16.6. The van der Waals surface area contributed by atoms with E-state index < -0.39 is 5.97 Å². The van der Waals surface area contributed by atoms with Crippen molar-refractivity contribution in [3.63, 3.8) is 0 Å². The maximum absolute atomic E-state index is 11.2. The Morgan fingerprint density at radius 3 is 2.90 bits per heavy atom. The molecule has 1 N–H and O–H groups in total. The van der Waals surface area contributed by atoms with Gasteiger partial charge in [0.25, 0.3) is 0 Å². The van der Waals surface area contributed by atoms with Crippen LogP contribution in [0, 0.1) is 0 Å². The van der Waals surface area contributed by atoms with E-state index in [1.54, 1.807) is 12.1 Å². The van der Waals surface area contributed by atoms with Gasteiger partial charge in [-0.25, -0.2) is 4.79 Å². The molecule has 0 aliphatic heterocycles. The van der Waals surface area contributed by atoms with Gasteiger partial charge in [0.05, 0.1) is 7.11 Å². The first-order chi connectivity index (χ1) is 9.60. The largest absolute Gasteiger partial charge is 0.462 e. The molecule has 0 aliphatic carbocycles. The van der Waals surface area contributed by atoms with Crippen LogP contribution in [0.25, 0.3) is 11.4 Å². The molecule has 1 amide bonds. The fourth-order valence-electron chi connectivity index (χ4n) is 1.56. The van der Waals surface area contributed by atoms with Crippen LogP contribution in [0.15, 0.2) is 28.8 Å². The summed E-state index contributed by atoms with van der Waals surface area (Å²) in [5.74, 6) is -0.703. The van der Waals surface area contributed by atoms with Gasteiger partial charge >= 0.3 is 11.9 Å². The van der Waals surface area contributed by atoms with Crippen molar-refractivity contribution in [3.05, 3.63) is 35.7 Å². The molecule has 1 heterocycles. The molecule has 0 radical (unpaired) electrons. The topological polar surface area (TPSA) is 94.3 Å². The third kappa shape index (κ3) is 3.19. The summed E-state index contributed by atoms with van der Waals surface area (Å²) in [6, 6.07) is 7.26. The number of aromatic nitrogens is 2. The van der Waals surface area contributed by atoms with Crippen molar-refractivity contribution in [2.45, 2.75) is 13.5 Å². The number of hydrogen-bond acceptors (Lipinski definition) is 6. The predicted molar refractivity (Wildman–Crippen MR) is 68.6 cm³/mol. The van der Waals surface area contributed by atoms with Crippen LogP contribution in [0.2, 0.25) is 0 Å². The van der Waals surface area contributed by atoms with Crippen molar-refractivity contribution in [2.24, 2.45) is 0 Å². The lowest BCUT2D eigenvalue weighted by Gasteiger charge is -2.03. The minimum absolute atomic E-state index is 0.108. The number of carbonyl (C=O) groups is 2. The Kier molecular flexibility index (Phi) is 4.09. The fourth-order valence-corrected chi connectivity index (χ4v) is 1.56. The molecule has 0 atom stereocenters. The summed E-state index contributed by atoms with van der Waals surface area (Å²) in [7, 11) is 1.24. The number of hydrogen-bond donors (Lipinski definition) is 1. The van der Waals surface area contributed by atoms with Crippen LogP contribution in [0.3, 0.4) is 0 Å². The summed E-state index contributed by atoms with van der Waals surface area (Å²) < 4.78 is 9.30. The molecular weight excluding hydrogens is 262 g/mol. The van der Waals surface area contributed by atoms with Gasteiger partial charge in [-0.05, 0) is 11.6 Å². The Labute approximate surface area is 114 Å². The lowest BCUT2D eigenvalue weighted by Crippen LogP contribution is -2.18. The van der Waals surface area contributed by atoms with E-state index in [9.17, 15) is 9.59 Å². The zero-order chi connectivity index (χ0) is 14.5. The van der Waals surface area contributed by atoms with E-state index in [4.69, 9.17) is 4.52 Å². The number of nitrogens with zero attached hydrogens (tertiary/aromatic N) is 2. The third-order valence-electron chi connectivity index (χ3n) is 2.51. The Morgan fingerprint density at radius 2 is 2.20 bits per heavy atom. The van der Waals surface area contributed by atoms with Gasteiger partial charge in [-0.1, -0.05) is 23.4 Å². The average molecular weight is 275 g/mol. The number of amides is 1. The first-order valence-electron chi connectivity index (χ1n) is 5.86. The van der Waals surface area contributed by atoms with Crippen LogP contribution < -0.4 is 5.32 Å². The van der Waals surface area contributed by atoms with Crippen molar-refractivity contribution in [1.82, 2.24) is 15.5 Å². The highest BCUT2D eigenvalue weighted by molar-refractivity contribution is 5.84. The van der Waals surface area contributed by atoms with Gasteiger partial charge in [0, 0.05) is 19.0 Å². The van der Waals surface area contributed by atoms with E-state index in [0.29, 0.717) is 12.1 Å². The van der Waals surface area contributed by atoms with Crippen molar-refractivity contribution >= 4 is 11.9 Å². The fraction of sp³-hybridized carbons (Fsp3) is 0.231. The number of methoxy groups -OCH3 is 1. The van der Waals surface area contributed by atoms with Gasteiger partial charge in [-0.3, -0.25) is 4.79 Å². The van der Waals surface area contributed by atoms with Crippen molar-refractivity contribution in [1.29, 1.82) is 0 Å². The highest BCUT2D eigenvalue weighted by Crippen LogP contribution is 2.17. The number of benzene rings is 1. The van der Waals surface area contributed by atoms with Crippen LogP contribution in [0.1, 0.15) is 23.2 Å². The number of esters is 1. The lowest BCUT2D eigenvalue weighted by atomic mass is 10.1. The molecule has 0 fully saturated rings. The minimum Gasteiger partial charge on any atom is -0.462 e. The quantitative estimate of drug-likeness (QED) is 0.841. The Morgan fingerprint density at radius 1 is 1.40 bits per heavy atom. The van der Waals surface area contributed by atoms with E-state index in [1.165, 1.54) is 14.0 Å². The van der Waals surface area contributed by atoms with E-state index in [0.717, 1.165) is 5.56 Å². The molecule has 1 aromatic heterocycles. The van der Waals surface area contributed by atoms with Crippen LogP contribution in [0.5, 0.6) is 0 Å². The highest BCUT2D eigenvalue weighted by Gasteiger charge is 2.16. The standard InChI is InChI=1S/C13H13N3O4/c1-8(17)14-7-9-4-3-5-10(6-9)11-15-12(20-16-11)13(18)19-2/h3-6H,7H2,1-2H3,(H,14,17). The summed E-state index contributed by atoms with van der Waals surface area (Å²) in [6.45, 7) is 1.86. The summed E-state index contributed by atoms with van der Waals surface area (Å²) >= 11 is 0. The molecule has 0 aliphatic rings. The zero-order valence-electron chi connectivity index (χ0n) is 11.0. The summed E-state index contributed by atoms with van der Waals surface area (Å²) in [5, 5.41) is 6.41. The number of nitrogens with one attached hydrogen (secondary N) is 1. The van der Waals surface area contributed by atoms with E-state index in [-0.39, 0.29) is 17.6 Å². The molecule has 0 bridgehead atoms. The third-order valence-corrected chi connectivity index (χ3v) is 2.51. The first-order valence-corrected chi connectivity index (χ1v) is 5.86. The second-order valence-corrected chi connectivity index (χ2v) is 4.02. The first kappa shape index (κ1) is 13.7. The van der Waals surface area contributed by atoms with E-state index >= 15 is 0 Å². The monoisotopic (exact) mass is 275 g/mol. The number of rotatable bonds is 4. The normalized spacial score (nSPS) is 10.1. The Bertz CT molecular complexity index is 636. The predicted octanol–water partition coefficient (Wildman–Crippen LogP) is 1.16. The zero-order valence-corrected chi connectivity index (χ0v) is 11.0. The maximum atomic E-state index is 11.2. The van der Waals surface area contributed by atoms with Crippen LogP contribution in [0.4, 0.5) is 0 Å². The summed E-state index contributed by atoms with van der Waals surface area (Å²) in [4.78, 5) is 26.1. The summed E-state index contributed by atoms with van der Waals surface area (Å²) in [6.07, 6.45) is 0. The van der Waals surface area contributed by atoms with Gasteiger partial charge in [-0.2, -0.15) is 4.98 Å². The summed E-state index contributed by atoms with van der Waals surface area (Å²) in [5.41, 5.74) is 1.58. The van der Waals surface area contributed by atoms with Crippen molar-refractivity contribution in [2.75, 3.05) is 7.11 Å². The molecule has 2 aromatic rings. The molecule has 0 saturated heterocycles. The van der Waals surface area contributed by atoms with Crippen LogP contribution in [-0.4, -0.2) is 29.1 Å². The molecule has 0 spiro atoms. The Balaban J connectivity index is 2.20. The van der Waals surface area contributed by atoms with Gasteiger partial charge < -0.3 is 14.6 Å². The van der Waals surface area contributed by atoms with E-state index in [1.807, 2.05) is 12.1 Å². The number of ether oxygens (including phenoxy) is 1. The van der Waals surface area contributed by atoms with Crippen molar-refractivity contribution in [3.8, 4) is 11.4 Å². The number of carbonyl (C=O) groups excluding carboxylic acids is 2. The molecule has 20 heavy (non-hydrogen) atoms. The van der Waals surface area contributed by atoms with Gasteiger partial charge in [0.15, 0.2) is 0 Å². The molecule has 7 heteroatoms. The van der Waals surface area contributed by atoms with Gasteiger partial charge in [-0.15, -0.1) is 0 Å². The lowest BCUT2D eigenvalue weighted by molar-refractivity contribution is -0.119. The Hall–Kier alpha value is -2.70.